The molecular weight excluding hydrogens is 348 g/mol. The number of nitrogens with one attached hydrogen (secondary N) is 2. The summed E-state index contributed by atoms with van der Waals surface area (Å²) in [6, 6.07) is 12.4. The fraction of sp³-hybridized carbons (Fsp3) is 0. The Hall–Kier alpha value is -2.96. The molecule has 0 spiro atoms. The van der Waals surface area contributed by atoms with Gasteiger partial charge in [0, 0.05) is 22.7 Å². The highest BCUT2D eigenvalue weighted by Gasteiger charge is 2.18. The van der Waals surface area contributed by atoms with Gasteiger partial charge in [-0.25, -0.2) is 13.5 Å². The Balaban J connectivity index is 1.86. The Bertz CT molecular complexity index is 1060. The second kappa shape index (κ2) is 6.27. The second-order valence-corrected chi connectivity index (χ2v) is 7.58. The highest BCUT2D eigenvalue weighted by molar-refractivity contribution is 7.94. The van der Waals surface area contributed by atoms with Crippen LogP contribution >= 0.6 is 11.3 Å². The number of anilines is 1. The standard InChI is InChI=1S/C15H10N4O3S2/c16-8-10-1-3-12(4-2-10)19-24(21,22)15-7-11(9-23-15)13-5-6-14(20)18-17-13/h1-7,9,19H,(H,18,20). The van der Waals surface area contributed by atoms with Gasteiger partial charge in [0.05, 0.1) is 17.3 Å². The number of hydrogen-bond acceptors (Lipinski definition) is 6. The Labute approximate surface area is 141 Å². The molecule has 3 aromatic rings. The molecule has 0 fully saturated rings. The summed E-state index contributed by atoms with van der Waals surface area (Å²) in [6.07, 6.45) is 0. The summed E-state index contributed by atoms with van der Waals surface area (Å²) in [5.74, 6) is 0. The maximum atomic E-state index is 12.4. The van der Waals surface area contributed by atoms with Crippen molar-refractivity contribution in [3.8, 4) is 17.3 Å². The molecule has 0 aliphatic carbocycles. The zero-order valence-corrected chi connectivity index (χ0v) is 13.7. The monoisotopic (exact) mass is 358 g/mol. The van der Waals surface area contributed by atoms with E-state index in [0.29, 0.717) is 22.5 Å². The molecule has 120 valence electrons. The van der Waals surface area contributed by atoms with Crippen LogP contribution in [-0.2, 0) is 10.0 Å². The Morgan fingerprint density at radius 2 is 1.92 bits per heavy atom. The van der Waals surface area contributed by atoms with Crippen LogP contribution < -0.4 is 10.3 Å². The van der Waals surface area contributed by atoms with Crippen molar-refractivity contribution in [2.45, 2.75) is 4.21 Å². The van der Waals surface area contributed by atoms with Gasteiger partial charge in [0.25, 0.3) is 15.6 Å². The van der Waals surface area contributed by atoms with E-state index in [0.717, 1.165) is 11.3 Å². The highest BCUT2D eigenvalue weighted by Crippen LogP contribution is 2.28. The fourth-order valence-electron chi connectivity index (χ4n) is 1.92. The SMILES string of the molecule is N#Cc1ccc(NS(=O)(=O)c2cc(-c3ccc(=O)[nH]n3)cs2)cc1. The highest BCUT2D eigenvalue weighted by atomic mass is 32.2. The van der Waals surface area contributed by atoms with Crippen molar-refractivity contribution >= 4 is 27.0 Å². The molecule has 0 saturated heterocycles. The first-order valence-corrected chi connectivity index (χ1v) is 9.02. The molecule has 2 heterocycles. The third kappa shape index (κ3) is 3.34. The van der Waals surface area contributed by atoms with Crippen LogP contribution in [0.4, 0.5) is 5.69 Å². The van der Waals surface area contributed by atoms with Gasteiger partial charge < -0.3 is 0 Å². The lowest BCUT2D eigenvalue weighted by Crippen LogP contribution is -2.11. The molecule has 0 aliphatic heterocycles. The number of rotatable bonds is 4. The molecule has 0 bridgehead atoms. The van der Waals surface area contributed by atoms with Crippen molar-refractivity contribution in [3.05, 3.63) is 63.8 Å². The van der Waals surface area contributed by atoms with E-state index >= 15 is 0 Å². The third-order valence-corrected chi connectivity index (χ3v) is 5.90. The number of benzene rings is 1. The number of thiophene rings is 1. The molecule has 9 heteroatoms. The third-order valence-electron chi connectivity index (χ3n) is 3.08. The van der Waals surface area contributed by atoms with Crippen molar-refractivity contribution in [1.82, 2.24) is 10.2 Å². The van der Waals surface area contributed by atoms with Crippen molar-refractivity contribution in [2.24, 2.45) is 0 Å². The molecule has 0 unspecified atom stereocenters. The largest absolute Gasteiger partial charge is 0.279 e. The van der Waals surface area contributed by atoms with Crippen molar-refractivity contribution in [2.75, 3.05) is 4.72 Å². The van der Waals surface area contributed by atoms with Gasteiger partial charge in [-0.05, 0) is 36.4 Å². The first-order valence-electron chi connectivity index (χ1n) is 6.65. The normalized spacial score (nSPS) is 11.0. The average molecular weight is 358 g/mol. The molecule has 3 rings (SSSR count). The molecule has 0 radical (unpaired) electrons. The van der Waals surface area contributed by atoms with E-state index in [4.69, 9.17) is 5.26 Å². The van der Waals surface area contributed by atoms with Crippen LogP contribution in [-0.4, -0.2) is 18.6 Å². The Kier molecular flexibility index (Phi) is 4.16. The van der Waals surface area contributed by atoms with Gasteiger partial charge in [0.1, 0.15) is 4.21 Å². The molecule has 2 aromatic heterocycles. The lowest BCUT2D eigenvalue weighted by Gasteiger charge is -2.05. The maximum absolute atomic E-state index is 12.4. The summed E-state index contributed by atoms with van der Waals surface area (Å²) in [4.78, 5) is 11.0. The number of sulfonamides is 1. The summed E-state index contributed by atoms with van der Waals surface area (Å²) >= 11 is 1.05. The number of nitriles is 1. The lowest BCUT2D eigenvalue weighted by atomic mass is 10.2. The second-order valence-electron chi connectivity index (χ2n) is 4.76. The van der Waals surface area contributed by atoms with E-state index < -0.39 is 10.0 Å². The summed E-state index contributed by atoms with van der Waals surface area (Å²) < 4.78 is 27.4. The van der Waals surface area contributed by atoms with Gasteiger partial charge >= 0.3 is 0 Å². The Morgan fingerprint density at radius 1 is 1.17 bits per heavy atom. The first-order chi connectivity index (χ1) is 11.5. The van der Waals surface area contributed by atoms with E-state index in [2.05, 4.69) is 14.9 Å². The summed E-state index contributed by atoms with van der Waals surface area (Å²) in [5, 5.41) is 16.6. The number of H-pyrrole nitrogens is 1. The first kappa shape index (κ1) is 15.9. The predicted octanol–water partition coefficient (Wildman–Crippen LogP) is 2.17. The molecule has 0 amide bonds. The zero-order chi connectivity index (χ0) is 17.2. The Morgan fingerprint density at radius 3 is 2.54 bits per heavy atom. The summed E-state index contributed by atoms with van der Waals surface area (Å²) in [6.45, 7) is 0. The molecule has 24 heavy (non-hydrogen) atoms. The number of aromatic nitrogens is 2. The topological polar surface area (TPSA) is 116 Å². The van der Waals surface area contributed by atoms with E-state index in [1.165, 1.54) is 42.5 Å². The van der Waals surface area contributed by atoms with E-state index in [9.17, 15) is 13.2 Å². The molecular formula is C15H10N4O3S2. The zero-order valence-electron chi connectivity index (χ0n) is 12.1. The quantitative estimate of drug-likeness (QED) is 0.741. The van der Waals surface area contributed by atoms with Gasteiger partial charge in [0.15, 0.2) is 0 Å². The minimum absolute atomic E-state index is 0.120. The summed E-state index contributed by atoms with van der Waals surface area (Å²) in [5.41, 5.74) is 1.55. The van der Waals surface area contributed by atoms with Crippen LogP contribution in [0.25, 0.3) is 11.3 Å². The smallest absolute Gasteiger partial charge is 0.271 e. The molecule has 2 N–H and O–H groups in total. The van der Waals surface area contributed by atoms with Gasteiger partial charge in [-0.3, -0.25) is 9.52 Å². The van der Waals surface area contributed by atoms with Gasteiger partial charge in [-0.2, -0.15) is 10.4 Å². The van der Waals surface area contributed by atoms with Gasteiger partial charge in [-0.1, -0.05) is 0 Å². The molecule has 7 nitrogen and oxygen atoms in total. The molecule has 0 atom stereocenters. The van der Waals surface area contributed by atoms with Crippen molar-refractivity contribution < 1.29 is 8.42 Å². The van der Waals surface area contributed by atoms with Crippen LogP contribution in [0.5, 0.6) is 0 Å². The lowest BCUT2D eigenvalue weighted by molar-refractivity contribution is 0.603. The van der Waals surface area contributed by atoms with Crippen LogP contribution in [0.15, 0.2) is 56.8 Å². The van der Waals surface area contributed by atoms with E-state index in [1.807, 2.05) is 6.07 Å². The predicted molar refractivity (Wildman–Crippen MR) is 90.1 cm³/mol. The van der Waals surface area contributed by atoms with Crippen LogP contribution in [0.1, 0.15) is 5.56 Å². The summed E-state index contributed by atoms with van der Waals surface area (Å²) in [7, 11) is -3.74. The van der Waals surface area contributed by atoms with Crippen LogP contribution in [0.3, 0.4) is 0 Å². The van der Waals surface area contributed by atoms with E-state index in [1.54, 1.807) is 5.38 Å². The number of nitrogens with zero attached hydrogens (tertiary/aromatic N) is 2. The fourth-order valence-corrected chi connectivity index (χ4v) is 4.15. The molecule has 1 aromatic carbocycles. The average Bonchev–Trinajstić information content (AvgIpc) is 3.07. The van der Waals surface area contributed by atoms with Crippen LogP contribution in [0.2, 0.25) is 0 Å². The number of aromatic amines is 1. The van der Waals surface area contributed by atoms with Gasteiger partial charge in [-0.15, -0.1) is 11.3 Å². The minimum atomic E-state index is -3.74. The van der Waals surface area contributed by atoms with E-state index in [-0.39, 0.29) is 9.77 Å². The number of hydrogen-bond donors (Lipinski definition) is 2. The minimum Gasteiger partial charge on any atom is -0.279 e. The maximum Gasteiger partial charge on any atom is 0.271 e. The van der Waals surface area contributed by atoms with Crippen LogP contribution in [0, 0.1) is 11.3 Å². The van der Waals surface area contributed by atoms with Crippen molar-refractivity contribution in [1.29, 1.82) is 5.26 Å². The molecule has 0 saturated carbocycles. The van der Waals surface area contributed by atoms with Gasteiger partial charge in [0.2, 0.25) is 0 Å². The van der Waals surface area contributed by atoms with Crippen molar-refractivity contribution in [3.63, 3.8) is 0 Å². The molecule has 0 aliphatic rings.